The minimum absolute atomic E-state index is 0.00584. The fourth-order valence-electron chi connectivity index (χ4n) is 3.46. The lowest BCUT2D eigenvalue weighted by Crippen LogP contribution is -2.24. The molecule has 0 saturated carbocycles. The summed E-state index contributed by atoms with van der Waals surface area (Å²) in [6, 6.07) is 12.0. The summed E-state index contributed by atoms with van der Waals surface area (Å²) >= 11 is 0. The molecule has 2 heterocycles. The molecule has 28 heavy (non-hydrogen) atoms. The number of hydrogen-bond acceptors (Lipinski definition) is 4. The number of amides is 2. The number of nitrogens with one attached hydrogen (secondary N) is 2. The Morgan fingerprint density at radius 3 is 2.79 bits per heavy atom. The average Bonchev–Trinajstić information content (AvgIpc) is 2.98. The smallest absolute Gasteiger partial charge is 0.261 e. The highest BCUT2D eigenvalue weighted by Crippen LogP contribution is 2.28. The standard InChI is InChI=1S/C21H20N4O3/c1-12(2)25-11-22-17-8-7-13(9-16(17)21(25)28)23-19(26)10-18-14-5-3-4-6-15(14)20(27)24-18/h3-9,11-12,18H,10H2,1-2H3,(H,23,26)(H,24,27). The fourth-order valence-corrected chi connectivity index (χ4v) is 3.46. The Bertz CT molecular complexity index is 1150. The van der Waals surface area contributed by atoms with Crippen LogP contribution in [0, 0.1) is 0 Å². The van der Waals surface area contributed by atoms with Crippen molar-refractivity contribution < 1.29 is 9.59 Å². The summed E-state index contributed by atoms with van der Waals surface area (Å²) in [5.41, 5.74) is 2.39. The monoisotopic (exact) mass is 376 g/mol. The van der Waals surface area contributed by atoms with Crippen LogP contribution in [0.1, 0.15) is 48.3 Å². The zero-order valence-corrected chi connectivity index (χ0v) is 15.6. The lowest BCUT2D eigenvalue weighted by atomic mass is 10.0. The van der Waals surface area contributed by atoms with Gasteiger partial charge in [0.15, 0.2) is 0 Å². The number of benzene rings is 2. The van der Waals surface area contributed by atoms with Gasteiger partial charge in [0.2, 0.25) is 5.91 Å². The van der Waals surface area contributed by atoms with Crippen LogP contribution in [0.25, 0.3) is 10.9 Å². The topological polar surface area (TPSA) is 93.1 Å². The molecule has 7 nitrogen and oxygen atoms in total. The quantitative estimate of drug-likeness (QED) is 0.732. The van der Waals surface area contributed by atoms with Crippen molar-refractivity contribution >= 4 is 28.4 Å². The summed E-state index contributed by atoms with van der Waals surface area (Å²) in [6.07, 6.45) is 1.65. The van der Waals surface area contributed by atoms with Crippen molar-refractivity contribution in [3.8, 4) is 0 Å². The SMILES string of the molecule is CC(C)n1cnc2ccc(NC(=O)CC3NC(=O)c4ccccc43)cc2c1=O. The highest BCUT2D eigenvalue weighted by atomic mass is 16.2. The first kappa shape index (κ1) is 17.9. The number of anilines is 1. The second-order valence-electron chi connectivity index (χ2n) is 7.15. The second-order valence-corrected chi connectivity index (χ2v) is 7.15. The Morgan fingerprint density at radius 2 is 2.00 bits per heavy atom. The second kappa shape index (κ2) is 6.92. The number of carbonyl (C=O) groups is 2. The van der Waals surface area contributed by atoms with Crippen LogP contribution in [-0.2, 0) is 4.79 Å². The van der Waals surface area contributed by atoms with Gasteiger partial charge in [-0.15, -0.1) is 0 Å². The molecule has 0 spiro atoms. The largest absolute Gasteiger partial charge is 0.345 e. The zero-order valence-electron chi connectivity index (χ0n) is 15.6. The Hall–Kier alpha value is -3.48. The third kappa shape index (κ3) is 3.15. The van der Waals surface area contributed by atoms with Gasteiger partial charge < -0.3 is 10.6 Å². The third-order valence-electron chi connectivity index (χ3n) is 4.90. The molecule has 1 aromatic heterocycles. The molecule has 2 amide bonds. The van der Waals surface area contributed by atoms with Gasteiger partial charge in [-0.1, -0.05) is 18.2 Å². The number of fused-ring (bicyclic) bond motifs is 2. The minimum Gasteiger partial charge on any atom is -0.345 e. The average molecular weight is 376 g/mol. The fraction of sp³-hybridized carbons (Fsp3) is 0.238. The van der Waals surface area contributed by atoms with Crippen molar-refractivity contribution in [1.82, 2.24) is 14.9 Å². The molecule has 0 fully saturated rings. The number of carbonyl (C=O) groups excluding carboxylic acids is 2. The molecular weight excluding hydrogens is 356 g/mol. The maximum atomic E-state index is 12.6. The van der Waals surface area contributed by atoms with E-state index in [2.05, 4.69) is 15.6 Å². The number of rotatable bonds is 4. The third-order valence-corrected chi connectivity index (χ3v) is 4.90. The summed E-state index contributed by atoms with van der Waals surface area (Å²) in [5.74, 6) is -0.408. The van der Waals surface area contributed by atoms with Gasteiger partial charge in [-0.2, -0.15) is 0 Å². The van der Waals surface area contributed by atoms with Gasteiger partial charge >= 0.3 is 0 Å². The van der Waals surface area contributed by atoms with Crippen LogP contribution in [0.4, 0.5) is 5.69 Å². The van der Waals surface area contributed by atoms with Crippen LogP contribution in [0.2, 0.25) is 0 Å². The highest BCUT2D eigenvalue weighted by molar-refractivity contribution is 6.01. The molecule has 1 atom stereocenters. The van der Waals surface area contributed by atoms with Crippen molar-refractivity contribution in [2.45, 2.75) is 32.4 Å². The predicted molar refractivity (Wildman–Crippen MR) is 106 cm³/mol. The lowest BCUT2D eigenvalue weighted by molar-refractivity contribution is -0.116. The van der Waals surface area contributed by atoms with Crippen molar-refractivity contribution in [3.63, 3.8) is 0 Å². The van der Waals surface area contributed by atoms with Gasteiger partial charge in [-0.05, 0) is 43.7 Å². The van der Waals surface area contributed by atoms with E-state index in [0.717, 1.165) is 5.56 Å². The van der Waals surface area contributed by atoms with E-state index >= 15 is 0 Å². The molecule has 4 rings (SSSR count). The Morgan fingerprint density at radius 1 is 1.21 bits per heavy atom. The first-order valence-electron chi connectivity index (χ1n) is 9.14. The van der Waals surface area contributed by atoms with Crippen LogP contribution in [-0.4, -0.2) is 21.4 Å². The molecule has 7 heteroatoms. The van der Waals surface area contributed by atoms with Crippen molar-refractivity contribution in [2.75, 3.05) is 5.32 Å². The van der Waals surface area contributed by atoms with Gasteiger partial charge in [0.05, 0.1) is 29.7 Å². The Kier molecular flexibility index (Phi) is 4.43. The molecule has 2 aromatic carbocycles. The van der Waals surface area contributed by atoms with E-state index in [1.807, 2.05) is 26.0 Å². The van der Waals surface area contributed by atoms with Crippen molar-refractivity contribution in [1.29, 1.82) is 0 Å². The molecule has 0 saturated heterocycles. The van der Waals surface area contributed by atoms with Crippen LogP contribution < -0.4 is 16.2 Å². The van der Waals surface area contributed by atoms with Crippen LogP contribution in [0.3, 0.4) is 0 Å². The van der Waals surface area contributed by atoms with E-state index in [1.165, 1.54) is 6.33 Å². The summed E-state index contributed by atoms with van der Waals surface area (Å²) in [5, 5.41) is 6.10. The van der Waals surface area contributed by atoms with E-state index < -0.39 is 0 Å². The van der Waals surface area contributed by atoms with Gasteiger partial charge in [-0.25, -0.2) is 4.98 Å². The van der Waals surface area contributed by atoms with Crippen molar-refractivity contribution in [3.05, 3.63) is 70.3 Å². The molecule has 1 aliphatic rings. The molecule has 0 bridgehead atoms. The van der Waals surface area contributed by atoms with Crippen LogP contribution in [0.15, 0.2) is 53.6 Å². The Labute approximate surface area is 161 Å². The summed E-state index contributed by atoms with van der Waals surface area (Å²) in [6.45, 7) is 3.82. The number of nitrogens with zero attached hydrogens (tertiary/aromatic N) is 2. The highest BCUT2D eigenvalue weighted by Gasteiger charge is 2.29. The molecule has 2 N–H and O–H groups in total. The van der Waals surface area contributed by atoms with Gasteiger partial charge in [0.25, 0.3) is 11.5 Å². The van der Waals surface area contributed by atoms with E-state index in [-0.39, 0.29) is 35.9 Å². The van der Waals surface area contributed by atoms with Crippen LogP contribution in [0.5, 0.6) is 0 Å². The van der Waals surface area contributed by atoms with Crippen molar-refractivity contribution in [2.24, 2.45) is 0 Å². The van der Waals surface area contributed by atoms with E-state index in [0.29, 0.717) is 22.2 Å². The van der Waals surface area contributed by atoms with Gasteiger partial charge in [0.1, 0.15) is 0 Å². The molecule has 3 aromatic rings. The van der Waals surface area contributed by atoms with Crippen LogP contribution >= 0.6 is 0 Å². The summed E-state index contributed by atoms with van der Waals surface area (Å²) < 4.78 is 1.55. The molecule has 142 valence electrons. The first-order chi connectivity index (χ1) is 13.4. The van der Waals surface area contributed by atoms with Gasteiger partial charge in [-0.3, -0.25) is 19.0 Å². The van der Waals surface area contributed by atoms with Gasteiger partial charge in [0, 0.05) is 17.3 Å². The molecule has 0 radical (unpaired) electrons. The lowest BCUT2D eigenvalue weighted by Gasteiger charge is -2.13. The number of aromatic nitrogens is 2. The zero-order chi connectivity index (χ0) is 19.8. The maximum absolute atomic E-state index is 12.6. The molecule has 1 aliphatic heterocycles. The number of hydrogen-bond donors (Lipinski definition) is 2. The minimum atomic E-state index is -0.357. The predicted octanol–water partition coefficient (Wildman–Crippen LogP) is 2.79. The van der Waals surface area contributed by atoms with E-state index in [4.69, 9.17) is 0 Å². The normalized spacial score (nSPS) is 15.5. The summed E-state index contributed by atoms with van der Waals surface area (Å²) in [7, 11) is 0. The van der Waals surface area contributed by atoms with E-state index in [9.17, 15) is 14.4 Å². The maximum Gasteiger partial charge on any atom is 0.261 e. The summed E-state index contributed by atoms with van der Waals surface area (Å²) in [4.78, 5) is 41.4. The molecule has 1 unspecified atom stereocenters. The first-order valence-corrected chi connectivity index (χ1v) is 9.14. The Balaban J connectivity index is 1.55. The molecule has 0 aliphatic carbocycles. The van der Waals surface area contributed by atoms with E-state index in [1.54, 1.807) is 34.9 Å². The molecular formula is C21H20N4O3.